The first kappa shape index (κ1) is 19.7. The number of nitriles is 1. The maximum Gasteiger partial charge on any atom is 0.267 e. The van der Waals surface area contributed by atoms with Crippen molar-refractivity contribution >= 4 is 17.3 Å². The fraction of sp³-hybridized carbons (Fsp3) is 0.200. The monoisotopic (exact) mass is 367 g/mol. The van der Waals surface area contributed by atoms with E-state index in [1.165, 1.54) is 18.3 Å². The van der Waals surface area contributed by atoms with Gasteiger partial charge in [-0.2, -0.15) is 5.26 Å². The number of benzene rings is 2. The second kappa shape index (κ2) is 9.73. The lowest BCUT2D eigenvalue weighted by Gasteiger charge is -2.12. The van der Waals surface area contributed by atoms with Gasteiger partial charge in [0.1, 0.15) is 17.4 Å². The van der Waals surface area contributed by atoms with Gasteiger partial charge in [0.15, 0.2) is 11.5 Å². The first-order valence-corrected chi connectivity index (χ1v) is 8.44. The largest absolute Gasteiger partial charge is 0.508 e. The summed E-state index contributed by atoms with van der Waals surface area (Å²) < 4.78 is 11.0. The van der Waals surface area contributed by atoms with Crippen LogP contribution < -0.4 is 20.1 Å². The Balaban J connectivity index is 2.12. The van der Waals surface area contributed by atoms with Gasteiger partial charge in [-0.25, -0.2) is 0 Å². The Morgan fingerprint density at radius 3 is 2.52 bits per heavy atom. The number of nitrogens with one attached hydrogen (secondary N) is 2. The molecule has 0 spiro atoms. The maximum atomic E-state index is 12.2. The van der Waals surface area contributed by atoms with Crippen LogP contribution >= 0.6 is 0 Å². The lowest BCUT2D eigenvalue weighted by atomic mass is 10.2. The van der Waals surface area contributed by atoms with Crippen molar-refractivity contribution in [2.24, 2.45) is 0 Å². The summed E-state index contributed by atoms with van der Waals surface area (Å²) in [5.74, 6) is 0.620. The Bertz CT molecular complexity index is 872. The van der Waals surface area contributed by atoms with E-state index in [1.54, 1.807) is 30.3 Å². The smallest absolute Gasteiger partial charge is 0.267 e. The third-order valence-electron chi connectivity index (χ3n) is 3.40. The van der Waals surface area contributed by atoms with Crippen LogP contribution in [0.1, 0.15) is 13.8 Å². The topological polar surface area (TPSA) is 104 Å². The second-order valence-electron chi connectivity index (χ2n) is 5.35. The van der Waals surface area contributed by atoms with E-state index < -0.39 is 5.91 Å². The van der Waals surface area contributed by atoms with Crippen LogP contribution in [0.5, 0.6) is 17.2 Å². The first-order valence-electron chi connectivity index (χ1n) is 8.44. The summed E-state index contributed by atoms with van der Waals surface area (Å²) in [5.41, 5.74) is 0.908. The molecule has 27 heavy (non-hydrogen) atoms. The highest BCUT2D eigenvalue weighted by atomic mass is 16.5. The van der Waals surface area contributed by atoms with Crippen molar-refractivity contribution in [3.05, 3.63) is 54.2 Å². The summed E-state index contributed by atoms with van der Waals surface area (Å²) in [6, 6.07) is 13.2. The summed E-state index contributed by atoms with van der Waals surface area (Å²) >= 11 is 0. The second-order valence-corrected chi connectivity index (χ2v) is 5.35. The lowest BCUT2D eigenvalue weighted by molar-refractivity contribution is -0.112. The predicted octanol–water partition coefficient (Wildman–Crippen LogP) is 3.65. The van der Waals surface area contributed by atoms with Crippen LogP contribution in [0, 0.1) is 11.3 Å². The Kier molecular flexibility index (Phi) is 7.08. The molecule has 7 nitrogen and oxygen atoms in total. The van der Waals surface area contributed by atoms with Gasteiger partial charge in [-0.15, -0.1) is 0 Å². The van der Waals surface area contributed by atoms with Gasteiger partial charge in [0, 0.05) is 29.7 Å². The number of phenols is 1. The van der Waals surface area contributed by atoms with E-state index in [4.69, 9.17) is 9.47 Å². The van der Waals surface area contributed by atoms with Crippen molar-refractivity contribution in [1.29, 1.82) is 5.26 Å². The number of hydrogen-bond donors (Lipinski definition) is 3. The number of phenolic OH excluding ortho intramolecular Hbond substituents is 1. The van der Waals surface area contributed by atoms with Crippen LogP contribution in [0.3, 0.4) is 0 Å². The molecule has 2 aromatic carbocycles. The highest BCUT2D eigenvalue weighted by Crippen LogP contribution is 2.30. The van der Waals surface area contributed by atoms with Gasteiger partial charge in [-0.1, -0.05) is 6.07 Å². The molecule has 0 aliphatic heterocycles. The molecule has 0 heterocycles. The Hall–Kier alpha value is -3.66. The summed E-state index contributed by atoms with van der Waals surface area (Å²) in [6.07, 6.45) is 1.31. The zero-order valence-electron chi connectivity index (χ0n) is 15.2. The fourth-order valence-electron chi connectivity index (χ4n) is 2.23. The quantitative estimate of drug-likeness (QED) is 0.486. The molecule has 3 N–H and O–H groups in total. The molecular weight excluding hydrogens is 346 g/mol. The van der Waals surface area contributed by atoms with E-state index in [0.29, 0.717) is 36.1 Å². The maximum absolute atomic E-state index is 12.2. The SMILES string of the molecule is CCOc1ccc(N/C=C(/C#N)C(=O)Nc2cccc(O)c2)cc1OCC. The van der Waals surface area contributed by atoms with Gasteiger partial charge in [-0.3, -0.25) is 4.79 Å². The minimum absolute atomic E-state index is 0.0197. The number of ether oxygens (including phenoxy) is 2. The van der Waals surface area contributed by atoms with E-state index in [0.717, 1.165) is 0 Å². The molecule has 0 saturated heterocycles. The predicted molar refractivity (Wildman–Crippen MR) is 103 cm³/mol. The van der Waals surface area contributed by atoms with E-state index >= 15 is 0 Å². The van der Waals surface area contributed by atoms with E-state index in [9.17, 15) is 15.2 Å². The molecule has 2 aromatic rings. The number of carbonyl (C=O) groups is 1. The highest BCUT2D eigenvalue weighted by Gasteiger charge is 2.10. The van der Waals surface area contributed by atoms with Gasteiger partial charge in [0.2, 0.25) is 0 Å². The van der Waals surface area contributed by atoms with Crippen LogP contribution in [0.15, 0.2) is 54.2 Å². The molecule has 0 saturated carbocycles. The van der Waals surface area contributed by atoms with Crippen molar-refractivity contribution < 1.29 is 19.4 Å². The standard InChI is InChI=1S/C20H21N3O4/c1-3-26-18-9-8-15(11-19(18)27-4-2)22-13-14(12-21)20(25)23-16-6-5-7-17(24)10-16/h5-11,13,22,24H,3-4H2,1-2H3,(H,23,25)/b14-13-. The van der Waals surface area contributed by atoms with Gasteiger partial charge < -0.3 is 25.2 Å². The van der Waals surface area contributed by atoms with Crippen molar-refractivity contribution in [3.8, 4) is 23.3 Å². The van der Waals surface area contributed by atoms with Gasteiger partial charge in [0.05, 0.1) is 13.2 Å². The number of anilines is 2. The van der Waals surface area contributed by atoms with E-state index in [1.807, 2.05) is 19.9 Å². The van der Waals surface area contributed by atoms with Crippen molar-refractivity contribution in [1.82, 2.24) is 0 Å². The minimum Gasteiger partial charge on any atom is -0.508 e. The molecule has 0 aromatic heterocycles. The summed E-state index contributed by atoms with van der Waals surface area (Å²) in [5, 5.41) is 24.2. The molecule has 0 bridgehead atoms. The lowest BCUT2D eigenvalue weighted by Crippen LogP contribution is -2.14. The third-order valence-corrected chi connectivity index (χ3v) is 3.40. The Morgan fingerprint density at radius 1 is 1.11 bits per heavy atom. The zero-order valence-corrected chi connectivity index (χ0v) is 15.2. The Labute approximate surface area is 157 Å². The van der Waals surface area contributed by atoms with E-state index in [2.05, 4.69) is 10.6 Å². The number of amides is 1. The highest BCUT2D eigenvalue weighted by molar-refractivity contribution is 6.06. The molecular formula is C20H21N3O4. The Morgan fingerprint density at radius 2 is 1.85 bits per heavy atom. The van der Waals surface area contributed by atoms with Gasteiger partial charge >= 0.3 is 0 Å². The van der Waals surface area contributed by atoms with Crippen LogP contribution in [-0.4, -0.2) is 24.2 Å². The average Bonchev–Trinajstić information content (AvgIpc) is 2.64. The van der Waals surface area contributed by atoms with Crippen molar-refractivity contribution in [2.45, 2.75) is 13.8 Å². The van der Waals surface area contributed by atoms with Crippen molar-refractivity contribution in [3.63, 3.8) is 0 Å². The normalized spacial score (nSPS) is 10.6. The van der Waals surface area contributed by atoms with Gasteiger partial charge in [0.25, 0.3) is 5.91 Å². The van der Waals surface area contributed by atoms with E-state index in [-0.39, 0.29) is 11.3 Å². The first-order chi connectivity index (χ1) is 13.1. The molecule has 0 aliphatic carbocycles. The number of carbonyl (C=O) groups excluding carboxylic acids is 1. The number of nitrogens with zero attached hydrogens (tertiary/aromatic N) is 1. The molecule has 1 amide bonds. The summed E-state index contributed by atoms with van der Waals surface area (Å²) in [6.45, 7) is 4.75. The zero-order chi connectivity index (χ0) is 19.6. The minimum atomic E-state index is -0.591. The van der Waals surface area contributed by atoms with Gasteiger partial charge in [-0.05, 0) is 38.1 Å². The molecule has 0 atom stereocenters. The van der Waals surface area contributed by atoms with Crippen LogP contribution in [0.4, 0.5) is 11.4 Å². The van der Waals surface area contributed by atoms with Crippen LogP contribution in [0.2, 0.25) is 0 Å². The van der Waals surface area contributed by atoms with Crippen molar-refractivity contribution in [2.75, 3.05) is 23.8 Å². The van der Waals surface area contributed by atoms with Crippen LogP contribution in [0.25, 0.3) is 0 Å². The van der Waals surface area contributed by atoms with Crippen LogP contribution in [-0.2, 0) is 4.79 Å². The summed E-state index contributed by atoms with van der Waals surface area (Å²) in [4.78, 5) is 12.2. The molecule has 0 unspecified atom stereocenters. The third kappa shape index (κ3) is 5.68. The molecule has 7 heteroatoms. The number of hydrogen-bond acceptors (Lipinski definition) is 6. The fourth-order valence-corrected chi connectivity index (χ4v) is 2.23. The molecule has 2 rings (SSSR count). The molecule has 140 valence electrons. The summed E-state index contributed by atoms with van der Waals surface area (Å²) in [7, 11) is 0. The molecule has 0 aliphatic rings. The molecule has 0 fully saturated rings. The molecule has 0 radical (unpaired) electrons. The number of aromatic hydroxyl groups is 1. The average molecular weight is 367 g/mol. The number of rotatable bonds is 8.